The van der Waals surface area contributed by atoms with Gasteiger partial charge in [-0.25, -0.2) is 22.8 Å². The van der Waals surface area contributed by atoms with E-state index in [0.717, 1.165) is 69.7 Å². The van der Waals surface area contributed by atoms with Gasteiger partial charge in [0, 0.05) is 96.9 Å². The molecule has 5 aromatic carbocycles. The number of aromatic nitrogens is 5. The Morgan fingerprint density at radius 3 is 1.10 bits per heavy atom. The number of nitrogens with zero attached hydrogens (tertiary/aromatic N) is 5. The predicted octanol–water partition coefficient (Wildman–Crippen LogP) is 15.7. The highest BCUT2D eigenvalue weighted by molar-refractivity contribution is 5.68. The zero-order valence-corrected chi connectivity index (χ0v) is 53.2. The Labute approximate surface area is 532 Å². The first-order chi connectivity index (χ1) is 45.2. The predicted molar refractivity (Wildman–Crippen MR) is 358 cm³/mol. The van der Waals surface area contributed by atoms with Crippen LogP contribution in [0.2, 0.25) is 0 Å². The number of fused-ring (bicyclic) bond motifs is 5. The fourth-order valence-electron chi connectivity index (χ4n) is 13.5. The monoisotopic (exact) mass is 1160 g/mol. The summed E-state index contributed by atoms with van der Waals surface area (Å²) in [5, 5.41) is 0. The van der Waals surface area contributed by atoms with Gasteiger partial charge in [-0.2, -0.15) is 0 Å². The van der Waals surface area contributed by atoms with E-state index in [1.165, 1.54) is 100.0 Å². The average Bonchev–Trinajstić information content (AvgIpc) is 1.45. The summed E-state index contributed by atoms with van der Waals surface area (Å²) in [7, 11) is 10.3. The van der Waals surface area contributed by atoms with Crippen LogP contribution in [-0.4, -0.2) is 0 Å². The van der Waals surface area contributed by atoms with Crippen molar-refractivity contribution in [1.29, 1.82) is 0 Å². The molecule has 0 unspecified atom stereocenters. The lowest BCUT2D eigenvalue weighted by molar-refractivity contribution is -0.661. The van der Waals surface area contributed by atoms with E-state index >= 15 is 0 Å². The highest BCUT2D eigenvalue weighted by Crippen LogP contribution is 2.34. The van der Waals surface area contributed by atoms with Crippen LogP contribution in [0.15, 0.2) is 183 Å². The van der Waals surface area contributed by atoms with Gasteiger partial charge in [-0.15, -0.1) is 0 Å². The van der Waals surface area contributed by atoms with Crippen molar-refractivity contribution in [3.05, 3.63) is 266 Å². The molecule has 5 aromatic heterocycles. The van der Waals surface area contributed by atoms with Crippen molar-refractivity contribution in [1.82, 2.24) is 0 Å². The number of benzene rings is 5. The van der Waals surface area contributed by atoms with Crippen LogP contribution in [0.4, 0.5) is 0 Å². The molecule has 0 saturated heterocycles. The smallest absolute Gasteiger partial charge is 0.201 e. The number of aryl methyl sites for hydroxylation is 18. The Morgan fingerprint density at radius 1 is 0.276 bits per heavy atom. The summed E-state index contributed by atoms with van der Waals surface area (Å²) in [6.45, 7) is 10.6. The molecule has 10 aromatic rings. The lowest BCUT2D eigenvalue weighted by Crippen LogP contribution is -2.33. The summed E-state index contributed by atoms with van der Waals surface area (Å²) in [6.07, 6.45) is 17.1. The second-order valence-electron chi connectivity index (χ2n) is 24.4. The molecule has 0 fully saturated rings. The SMILES string of the molecule is Cc1ccccc1-c1c2c(cc[n+]1C)CCC2.Cc1ccccc1-c1cc2c(c[n+]1C)CCC2.[2H]C1([2H])CCC([2H])([2H])c2c1cc[n+](C)c2-c1ccccc1C.[2H]C1([2H])CCCc2c[n+](C)c(-c3ccccc3C)cc21.[2H]C1([2H])CCc2c[n+](C)c(-c3ccccc3C)cc21. The summed E-state index contributed by atoms with van der Waals surface area (Å²) in [5.41, 5.74) is 29.2. The van der Waals surface area contributed by atoms with Crippen molar-refractivity contribution in [3.8, 4) is 56.3 Å². The molecule has 15 rings (SSSR count). The zero-order chi connectivity index (χ0) is 67.7. The molecule has 5 heterocycles. The first-order valence-electron chi connectivity index (χ1n) is 35.7. The largest absolute Gasteiger partial charge is 0.216 e. The van der Waals surface area contributed by atoms with Gasteiger partial charge in [0.15, 0.2) is 31.0 Å². The molecular formula is C82H94N5+5. The third-order valence-electron chi connectivity index (χ3n) is 18.2. The maximum absolute atomic E-state index is 8.43. The van der Waals surface area contributed by atoms with E-state index in [1.807, 2.05) is 93.4 Å². The minimum Gasteiger partial charge on any atom is -0.201 e. The average molecular weight is 1160 g/mol. The molecule has 0 saturated carbocycles. The van der Waals surface area contributed by atoms with E-state index in [2.05, 4.69) is 176 Å². The summed E-state index contributed by atoms with van der Waals surface area (Å²) in [5.74, 6) is 0. The zero-order valence-electron chi connectivity index (χ0n) is 61.2. The number of pyridine rings is 5. The Hall–Kier alpha value is -8.15. The Kier molecular flexibility index (Phi) is 16.2. The number of hydrogen-bond acceptors (Lipinski definition) is 0. The second-order valence-corrected chi connectivity index (χ2v) is 24.4. The highest BCUT2D eigenvalue weighted by atomic mass is 14.9. The fraction of sp³-hybridized carbons (Fsp3) is 0.329. The Balaban J connectivity index is 0.000000121. The molecule has 0 aliphatic heterocycles. The van der Waals surface area contributed by atoms with Crippen LogP contribution in [0.25, 0.3) is 56.3 Å². The molecular weight excluding hydrogens is 1050 g/mol. The minimum absolute atomic E-state index is 0.204. The molecule has 0 radical (unpaired) electrons. The van der Waals surface area contributed by atoms with Crippen LogP contribution >= 0.6 is 0 Å². The molecule has 0 atom stereocenters. The normalized spacial score (nSPS) is 17.7. The molecule has 0 amide bonds. The van der Waals surface area contributed by atoms with E-state index in [1.54, 1.807) is 22.8 Å². The molecule has 0 bridgehead atoms. The van der Waals surface area contributed by atoms with Gasteiger partial charge in [-0.05, 0) is 230 Å². The number of rotatable bonds is 5. The van der Waals surface area contributed by atoms with Gasteiger partial charge in [0.2, 0.25) is 28.5 Å². The van der Waals surface area contributed by atoms with Gasteiger partial charge in [0.05, 0.1) is 0 Å². The van der Waals surface area contributed by atoms with Crippen LogP contribution < -0.4 is 22.8 Å². The fourth-order valence-corrected chi connectivity index (χ4v) is 13.5. The van der Waals surface area contributed by atoms with Gasteiger partial charge in [-0.3, -0.25) is 0 Å². The number of hydrogen-bond donors (Lipinski definition) is 0. The molecule has 5 heteroatoms. The Bertz CT molecular complexity index is 4510. The van der Waals surface area contributed by atoms with Gasteiger partial charge >= 0.3 is 0 Å². The third kappa shape index (κ3) is 13.7. The van der Waals surface area contributed by atoms with E-state index in [9.17, 15) is 0 Å². The highest BCUT2D eigenvalue weighted by Gasteiger charge is 2.27. The molecule has 87 heavy (non-hydrogen) atoms. The van der Waals surface area contributed by atoms with Crippen molar-refractivity contribution >= 4 is 0 Å². The van der Waals surface area contributed by atoms with Crippen molar-refractivity contribution in [3.63, 3.8) is 0 Å². The topological polar surface area (TPSA) is 19.4 Å². The van der Waals surface area contributed by atoms with Crippen molar-refractivity contribution in [2.45, 2.75) is 144 Å². The lowest BCUT2D eigenvalue weighted by Gasteiger charge is -2.17. The summed E-state index contributed by atoms with van der Waals surface area (Å²) in [6, 6.07) is 52.2. The second kappa shape index (κ2) is 27.7. The standard InChI is InChI=1S/2C17H20N.3C16H18N/c1-13-7-3-6-10-16(13)17-11-14-8-4-5-9-15(14)12-18(17)2;1-13-7-3-5-9-15(13)17-16-10-6-4-8-14(16)11-12-18(17)2;2*1-12-6-3-4-9-15(12)16-10-13-7-5-8-14(13)11-17(16)2;1-12-6-3-4-8-14(12)16-15-9-5-7-13(15)10-11-17(16)2/h3,6-7,10-12H,4-5,8-9H2,1-2H3;3,5,7,9,11-12H,4,6,8,10H2,1-2H3;2*3-4,6,9-11H,5,7-8H2,1-2H3;3-4,6,8,10-11H,5,7,9H2,1-2H3/q5*+1/i8D2;8D2,10D2;7D2;;. The first kappa shape index (κ1) is 50.9. The summed E-state index contributed by atoms with van der Waals surface area (Å²) < 4.78 is 76.8. The maximum Gasteiger partial charge on any atom is 0.216 e. The van der Waals surface area contributed by atoms with Crippen molar-refractivity contribution in [2.75, 3.05) is 0 Å². The summed E-state index contributed by atoms with van der Waals surface area (Å²) in [4.78, 5) is 0. The van der Waals surface area contributed by atoms with Crippen molar-refractivity contribution < 1.29 is 33.8 Å². The van der Waals surface area contributed by atoms with Gasteiger partial charge < -0.3 is 0 Å². The molecule has 0 spiro atoms. The van der Waals surface area contributed by atoms with Crippen LogP contribution in [-0.2, 0) is 99.3 Å². The van der Waals surface area contributed by atoms with Gasteiger partial charge in [0.25, 0.3) is 0 Å². The van der Waals surface area contributed by atoms with E-state index < -0.39 is 25.5 Å². The lowest BCUT2D eigenvalue weighted by atomic mass is 9.88. The quantitative estimate of drug-likeness (QED) is 0.153. The van der Waals surface area contributed by atoms with E-state index in [4.69, 9.17) is 11.0 Å². The van der Waals surface area contributed by atoms with Crippen LogP contribution in [0, 0.1) is 34.6 Å². The van der Waals surface area contributed by atoms with E-state index in [0.29, 0.717) is 24.0 Å². The van der Waals surface area contributed by atoms with Crippen molar-refractivity contribution in [2.24, 2.45) is 35.2 Å². The van der Waals surface area contributed by atoms with Crippen LogP contribution in [0.1, 0.15) is 139 Å². The molecule has 442 valence electrons. The van der Waals surface area contributed by atoms with Gasteiger partial charge in [0.1, 0.15) is 35.2 Å². The molecule has 0 N–H and O–H groups in total. The first-order valence-corrected chi connectivity index (χ1v) is 31.7. The molecule has 5 aliphatic carbocycles. The maximum atomic E-state index is 8.43. The molecule has 5 nitrogen and oxygen atoms in total. The third-order valence-corrected chi connectivity index (χ3v) is 18.2. The van der Waals surface area contributed by atoms with Crippen LogP contribution in [0.3, 0.4) is 0 Å². The Morgan fingerprint density at radius 2 is 0.609 bits per heavy atom. The van der Waals surface area contributed by atoms with E-state index in [-0.39, 0.29) is 12.8 Å². The van der Waals surface area contributed by atoms with Gasteiger partial charge in [-0.1, -0.05) is 91.0 Å². The summed E-state index contributed by atoms with van der Waals surface area (Å²) >= 11 is 0. The van der Waals surface area contributed by atoms with Crippen LogP contribution in [0.5, 0.6) is 0 Å². The molecule has 5 aliphatic rings. The minimum atomic E-state index is -1.52.